The van der Waals surface area contributed by atoms with Crippen molar-refractivity contribution in [2.24, 2.45) is 0 Å². The first-order chi connectivity index (χ1) is 14.6. The van der Waals surface area contributed by atoms with E-state index in [1.165, 1.54) is 18.2 Å². The number of carbonyl (C=O) groups excluding carboxylic acids is 1. The highest BCUT2D eigenvalue weighted by Crippen LogP contribution is 2.30. The second-order valence-corrected chi connectivity index (χ2v) is 9.30. The van der Waals surface area contributed by atoms with E-state index in [9.17, 15) is 18.0 Å². The van der Waals surface area contributed by atoms with Crippen molar-refractivity contribution in [2.75, 3.05) is 0 Å². The van der Waals surface area contributed by atoms with E-state index < -0.39 is 27.7 Å². The van der Waals surface area contributed by atoms with Crippen molar-refractivity contribution in [3.05, 3.63) is 69.6 Å². The van der Waals surface area contributed by atoms with E-state index in [1.54, 1.807) is 38.1 Å². The molecular weight excluding hydrogens is 418 g/mol. The van der Waals surface area contributed by atoms with Crippen LogP contribution in [0.15, 0.2) is 56.6 Å². The van der Waals surface area contributed by atoms with Crippen LogP contribution in [0.4, 0.5) is 0 Å². The highest BCUT2D eigenvalue weighted by molar-refractivity contribution is 7.89. The largest absolute Gasteiger partial charge is 0.425 e. The van der Waals surface area contributed by atoms with Crippen molar-refractivity contribution >= 4 is 27.0 Å². The number of esters is 1. The number of benzene rings is 2. The average molecular weight is 444 g/mol. The SMILES string of the molecule is CCCC(NS(=O)(=O)c1ccc(C)cc1)C(=O)Oc1cc(C)cc2oc(=O)cc(C)c12. The van der Waals surface area contributed by atoms with E-state index in [-0.39, 0.29) is 17.1 Å². The maximum Gasteiger partial charge on any atom is 0.336 e. The van der Waals surface area contributed by atoms with Crippen LogP contribution >= 0.6 is 0 Å². The van der Waals surface area contributed by atoms with Crippen molar-refractivity contribution in [3.8, 4) is 5.75 Å². The number of sulfonamides is 1. The Kier molecular flexibility index (Phi) is 6.62. The number of hydrogen-bond acceptors (Lipinski definition) is 6. The Hall–Kier alpha value is -2.97. The van der Waals surface area contributed by atoms with Gasteiger partial charge in [-0.2, -0.15) is 4.72 Å². The van der Waals surface area contributed by atoms with E-state index in [0.29, 0.717) is 23.0 Å². The molecule has 0 saturated carbocycles. The van der Waals surface area contributed by atoms with Crippen molar-refractivity contribution in [3.63, 3.8) is 0 Å². The summed E-state index contributed by atoms with van der Waals surface area (Å²) in [5.74, 6) is -0.507. The smallest absolute Gasteiger partial charge is 0.336 e. The van der Waals surface area contributed by atoms with Crippen LogP contribution in [-0.2, 0) is 14.8 Å². The Morgan fingerprint density at radius 3 is 2.39 bits per heavy atom. The maximum absolute atomic E-state index is 13.0. The molecule has 2 aromatic carbocycles. The molecule has 1 N–H and O–H groups in total. The summed E-state index contributed by atoms with van der Waals surface area (Å²) in [4.78, 5) is 24.7. The Labute approximate surface area is 181 Å². The van der Waals surface area contributed by atoms with E-state index in [0.717, 1.165) is 11.1 Å². The van der Waals surface area contributed by atoms with Crippen LogP contribution in [0.1, 0.15) is 36.5 Å². The van der Waals surface area contributed by atoms with E-state index in [1.807, 2.05) is 13.8 Å². The van der Waals surface area contributed by atoms with Gasteiger partial charge in [-0.3, -0.25) is 0 Å². The highest BCUT2D eigenvalue weighted by Gasteiger charge is 2.27. The van der Waals surface area contributed by atoms with Crippen LogP contribution in [-0.4, -0.2) is 20.4 Å². The molecule has 1 unspecified atom stereocenters. The highest BCUT2D eigenvalue weighted by atomic mass is 32.2. The summed E-state index contributed by atoms with van der Waals surface area (Å²) < 4.78 is 38.9. The first-order valence-corrected chi connectivity index (χ1v) is 11.4. The molecule has 3 rings (SSSR count). The summed E-state index contributed by atoms with van der Waals surface area (Å²) in [5.41, 5.74) is 2.07. The first-order valence-electron chi connectivity index (χ1n) is 9.96. The third-order valence-electron chi connectivity index (χ3n) is 4.85. The lowest BCUT2D eigenvalue weighted by Crippen LogP contribution is -2.42. The van der Waals surface area contributed by atoms with Gasteiger partial charge in [-0.15, -0.1) is 0 Å². The fraction of sp³-hybridized carbons (Fsp3) is 0.304. The van der Waals surface area contributed by atoms with Crippen molar-refractivity contribution in [2.45, 2.75) is 51.5 Å². The van der Waals surface area contributed by atoms with E-state index in [2.05, 4.69) is 4.72 Å². The van der Waals surface area contributed by atoms with Gasteiger partial charge in [-0.1, -0.05) is 31.0 Å². The molecule has 0 radical (unpaired) electrons. The molecule has 0 aliphatic rings. The third kappa shape index (κ3) is 5.21. The summed E-state index contributed by atoms with van der Waals surface area (Å²) in [6.07, 6.45) is 0.834. The summed E-state index contributed by atoms with van der Waals surface area (Å²) >= 11 is 0. The Morgan fingerprint density at radius 1 is 1.06 bits per heavy atom. The fourth-order valence-electron chi connectivity index (χ4n) is 3.32. The van der Waals surface area contributed by atoms with Crippen molar-refractivity contribution in [1.29, 1.82) is 0 Å². The van der Waals surface area contributed by atoms with Crippen molar-refractivity contribution in [1.82, 2.24) is 4.72 Å². The van der Waals surface area contributed by atoms with Crippen LogP contribution < -0.4 is 15.1 Å². The Balaban J connectivity index is 1.93. The van der Waals surface area contributed by atoms with Gasteiger partial charge in [-0.05, 0) is 62.6 Å². The molecule has 0 fully saturated rings. The molecule has 31 heavy (non-hydrogen) atoms. The topological polar surface area (TPSA) is 103 Å². The third-order valence-corrected chi connectivity index (χ3v) is 6.34. The summed E-state index contributed by atoms with van der Waals surface area (Å²) in [6, 6.07) is 9.96. The minimum Gasteiger partial charge on any atom is -0.425 e. The van der Waals surface area contributed by atoms with Crippen LogP contribution in [0, 0.1) is 20.8 Å². The van der Waals surface area contributed by atoms with Gasteiger partial charge in [0, 0.05) is 6.07 Å². The van der Waals surface area contributed by atoms with Gasteiger partial charge >= 0.3 is 11.6 Å². The second kappa shape index (κ2) is 9.03. The van der Waals surface area contributed by atoms with Gasteiger partial charge in [0.2, 0.25) is 10.0 Å². The predicted octanol–water partition coefficient (Wildman–Crippen LogP) is 3.77. The van der Waals surface area contributed by atoms with Gasteiger partial charge in [0.25, 0.3) is 0 Å². The van der Waals surface area contributed by atoms with E-state index in [4.69, 9.17) is 9.15 Å². The summed E-state index contributed by atoms with van der Waals surface area (Å²) in [7, 11) is -3.91. The standard InChI is InChI=1S/C23H25NO6S/c1-5-6-18(24-31(27,28)17-9-7-14(2)8-10-17)23(26)30-20-12-15(3)11-19-22(20)16(4)13-21(25)29-19/h7-13,18,24H,5-6H2,1-4H3. The molecule has 7 nitrogen and oxygen atoms in total. The summed E-state index contributed by atoms with van der Waals surface area (Å²) in [5, 5.41) is 0.496. The molecule has 164 valence electrons. The lowest BCUT2D eigenvalue weighted by atomic mass is 10.1. The van der Waals surface area contributed by atoms with E-state index >= 15 is 0 Å². The van der Waals surface area contributed by atoms with Gasteiger partial charge in [0.15, 0.2) is 0 Å². The van der Waals surface area contributed by atoms with Gasteiger partial charge in [-0.25, -0.2) is 18.0 Å². The molecular formula is C23H25NO6S. The predicted molar refractivity (Wildman–Crippen MR) is 118 cm³/mol. The Morgan fingerprint density at radius 2 is 1.74 bits per heavy atom. The zero-order valence-corrected chi connectivity index (χ0v) is 18.7. The second-order valence-electron chi connectivity index (χ2n) is 7.58. The van der Waals surface area contributed by atoms with Crippen LogP contribution in [0.2, 0.25) is 0 Å². The number of aryl methyl sites for hydroxylation is 3. The minimum absolute atomic E-state index is 0.0747. The zero-order valence-electron chi connectivity index (χ0n) is 17.9. The minimum atomic E-state index is -3.91. The molecule has 1 atom stereocenters. The molecule has 0 saturated heterocycles. The van der Waals surface area contributed by atoms with Gasteiger partial charge < -0.3 is 9.15 Å². The molecule has 0 spiro atoms. The lowest BCUT2D eigenvalue weighted by molar-refractivity contribution is -0.136. The molecule has 0 bridgehead atoms. The number of nitrogens with one attached hydrogen (secondary N) is 1. The molecule has 8 heteroatoms. The van der Waals surface area contributed by atoms with Crippen LogP contribution in [0.25, 0.3) is 11.0 Å². The van der Waals surface area contributed by atoms with Gasteiger partial charge in [0.05, 0.1) is 10.3 Å². The quantitative estimate of drug-likeness (QED) is 0.339. The van der Waals surface area contributed by atoms with Crippen LogP contribution in [0.3, 0.4) is 0 Å². The number of ether oxygens (including phenoxy) is 1. The number of fused-ring (bicyclic) bond motifs is 1. The molecule has 0 aliphatic carbocycles. The van der Waals surface area contributed by atoms with Gasteiger partial charge in [0.1, 0.15) is 17.4 Å². The Bertz CT molecular complexity index is 1280. The first kappa shape index (κ1) is 22.7. The number of rotatable bonds is 7. The molecule has 1 aromatic heterocycles. The maximum atomic E-state index is 13.0. The molecule has 1 heterocycles. The van der Waals surface area contributed by atoms with Crippen molar-refractivity contribution < 1.29 is 22.4 Å². The molecule has 3 aromatic rings. The van der Waals surface area contributed by atoms with Crippen LogP contribution in [0.5, 0.6) is 5.75 Å². The molecule has 0 aliphatic heterocycles. The zero-order chi connectivity index (χ0) is 22.8. The molecule has 0 amide bonds. The number of hydrogen-bond donors (Lipinski definition) is 1. The lowest BCUT2D eigenvalue weighted by Gasteiger charge is -2.18. The summed E-state index contributed by atoms with van der Waals surface area (Å²) in [6.45, 7) is 7.21. The normalized spacial score (nSPS) is 12.6. The fourth-order valence-corrected chi connectivity index (χ4v) is 4.54. The average Bonchev–Trinajstić information content (AvgIpc) is 2.66. The monoisotopic (exact) mass is 443 g/mol. The number of carbonyl (C=O) groups is 1.